The molecule has 0 aliphatic heterocycles. The summed E-state index contributed by atoms with van der Waals surface area (Å²) in [6.45, 7) is 0. The first-order chi connectivity index (χ1) is 11.9. The van der Waals surface area contributed by atoms with Crippen LogP contribution in [0.1, 0.15) is 24.5 Å². The number of ether oxygens (including phenoxy) is 2. The van der Waals surface area contributed by atoms with Crippen molar-refractivity contribution in [3.63, 3.8) is 0 Å². The lowest BCUT2D eigenvalue weighted by molar-refractivity contribution is -0.116. The van der Waals surface area contributed by atoms with Crippen LogP contribution in [-0.2, 0) is 4.79 Å². The highest BCUT2D eigenvalue weighted by molar-refractivity contribution is 6.31. The first-order valence-corrected chi connectivity index (χ1v) is 7.97. The highest BCUT2D eigenvalue weighted by atomic mass is 35.5. The number of methoxy groups -OCH3 is 2. The van der Waals surface area contributed by atoms with Crippen LogP contribution < -0.4 is 14.8 Å². The number of nitrogens with one attached hydrogen (secondary N) is 1. The smallest absolute Gasteiger partial charge is 0.224 e. The lowest BCUT2D eigenvalue weighted by Crippen LogP contribution is -2.13. The molecule has 2 rings (SSSR count). The Labute approximate surface area is 150 Å². The largest absolute Gasteiger partial charge is 0.497 e. The second-order valence-electron chi connectivity index (χ2n) is 5.34. The lowest BCUT2D eigenvalue weighted by atomic mass is 10.0. The third-order valence-electron chi connectivity index (χ3n) is 3.65. The Morgan fingerprint density at radius 2 is 2.00 bits per heavy atom. The number of hydrogen-bond donors (Lipinski definition) is 2. The maximum atomic E-state index is 13.1. The van der Waals surface area contributed by atoms with E-state index < -0.39 is 11.9 Å². The Morgan fingerprint density at radius 3 is 2.64 bits per heavy atom. The van der Waals surface area contributed by atoms with E-state index in [9.17, 15) is 14.3 Å². The molecule has 0 spiro atoms. The van der Waals surface area contributed by atoms with Gasteiger partial charge in [0.05, 0.1) is 25.3 Å². The van der Waals surface area contributed by atoms with E-state index in [4.69, 9.17) is 21.1 Å². The van der Waals surface area contributed by atoms with Gasteiger partial charge in [0.2, 0.25) is 5.91 Å². The first kappa shape index (κ1) is 19.0. The molecule has 2 aromatic rings. The monoisotopic (exact) mass is 367 g/mol. The Bertz CT molecular complexity index is 754. The van der Waals surface area contributed by atoms with Gasteiger partial charge in [0, 0.05) is 23.7 Å². The zero-order chi connectivity index (χ0) is 18.4. The molecule has 0 fully saturated rings. The van der Waals surface area contributed by atoms with Gasteiger partial charge in [-0.25, -0.2) is 4.39 Å². The number of aliphatic hydroxyl groups is 1. The number of amides is 1. The summed E-state index contributed by atoms with van der Waals surface area (Å²) in [5.41, 5.74) is 0.967. The van der Waals surface area contributed by atoms with Crippen molar-refractivity contribution in [2.75, 3.05) is 19.5 Å². The normalized spacial score (nSPS) is 11.7. The predicted octanol–water partition coefficient (Wildman–Crippen LogP) is 3.95. The molecule has 0 aromatic heterocycles. The minimum Gasteiger partial charge on any atom is -0.497 e. The van der Waals surface area contributed by atoms with Gasteiger partial charge in [-0.1, -0.05) is 11.6 Å². The van der Waals surface area contributed by atoms with E-state index in [0.29, 0.717) is 22.7 Å². The van der Waals surface area contributed by atoms with Crippen LogP contribution in [0.25, 0.3) is 0 Å². The Balaban J connectivity index is 1.96. The van der Waals surface area contributed by atoms with Crippen molar-refractivity contribution < 1.29 is 23.8 Å². The van der Waals surface area contributed by atoms with Crippen LogP contribution in [0.2, 0.25) is 5.02 Å². The van der Waals surface area contributed by atoms with Crippen LogP contribution >= 0.6 is 11.6 Å². The zero-order valence-electron chi connectivity index (χ0n) is 13.9. The van der Waals surface area contributed by atoms with E-state index in [1.807, 2.05) is 0 Å². The fourth-order valence-electron chi connectivity index (χ4n) is 2.31. The molecule has 0 radical (unpaired) electrons. The molecule has 7 heteroatoms. The van der Waals surface area contributed by atoms with Gasteiger partial charge in [0.25, 0.3) is 0 Å². The average molecular weight is 368 g/mol. The molecule has 1 amide bonds. The topological polar surface area (TPSA) is 67.8 Å². The van der Waals surface area contributed by atoms with Crippen LogP contribution in [-0.4, -0.2) is 25.2 Å². The van der Waals surface area contributed by atoms with E-state index in [-0.39, 0.29) is 23.8 Å². The van der Waals surface area contributed by atoms with E-state index >= 15 is 0 Å². The van der Waals surface area contributed by atoms with Crippen molar-refractivity contribution in [1.82, 2.24) is 0 Å². The van der Waals surface area contributed by atoms with Crippen molar-refractivity contribution >= 4 is 23.2 Å². The van der Waals surface area contributed by atoms with Crippen LogP contribution in [0, 0.1) is 5.82 Å². The summed E-state index contributed by atoms with van der Waals surface area (Å²) < 4.78 is 23.5. The average Bonchev–Trinajstić information content (AvgIpc) is 2.62. The molecular formula is C18H19ClFNO4. The molecule has 1 unspecified atom stereocenters. The summed E-state index contributed by atoms with van der Waals surface area (Å²) in [4.78, 5) is 12.0. The first-order valence-electron chi connectivity index (χ1n) is 7.59. The maximum absolute atomic E-state index is 13.1. The van der Waals surface area contributed by atoms with Crippen molar-refractivity contribution in [3.8, 4) is 11.5 Å². The van der Waals surface area contributed by atoms with Crippen molar-refractivity contribution in [1.29, 1.82) is 0 Å². The molecule has 25 heavy (non-hydrogen) atoms. The van der Waals surface area contributed by atoms with Gasteiger partial charge in [-0.3, -0.25) is 4.79 Å². The van der Waals surface area contributed by atoms with E-state index in [2.05, 4.69) is 5.32 Å². The Morgan fingerprint density at radius 1 is 1.24 bits per heavy atom. The van der Waals surface area contributed by atoms with Gasteiger partial charge in [-0.15, -0.1) is 0 Å². The summed E-state index contributed by atoms with van der Waals surface area (Å²) in [7, 11) is 3.03. The van der Waals surface area contributed by atoms with E-state index in [1.165, 1.54) is 32.4 Å². The molecule has 0 saturated heterocycles. The molecule has 2 aromatic carbocycles. The third kappa shape index (κ3) is 5.08. The third-order valence-corrected chi connectivity index (χ3v) is 3.94. The number of carbonyl (C=O) groups excluding carboxylic acids is 1. The quantitative estimate of drug-likeness (QED) is 0.777. The highest BCUT2D eigenvalue weighted by Gasteiger charge is 2.16. The molecular weight excluding hydrogens is 349 g/mol. The predicted molar refractivity (Wildman–Crippen MR) is 93.8 cm³/mol. The number of rotatable bonds is 7. The minimum atomic E-state index is -0.872. The Hall–Kier alpha value is -2.31. The van der Waals surface area contributed by atoms with Crippen molar-refractivity contribution in [2.45, 2.75) is 18.9 Å². The number of benzene rings is 2. The standard InChI is InChI=1S/C18H19ClFNO4/c1-24-12-4-5-13(17(10-12)25-2)16(22)7-8-18(23)21-11-3-6-15(20)14(19)9-11/h3-6,9-10,16,22H,7-8H2,1-2H3,(H,21,23). The molecule has 5 nitrogen and oxygen atoms in total. The van der Waals surface area contributed by atoms with Gasteiger partial charge in [0.15, 0.2) is 0 Å². The second-order valence-corrected chi connectivity index (χ2v) is 5.75. The summed E-state index contributed by atoms with van der Waals surface area (Å²) in [6, 6.07) is 9.00. The fourth-order valence-corrected chi connectivity index (χ4v) is 2.49. The van der Waals surface area contributed by atoms with Crippen LogP contribution in [0.4, 0.5) is 10.1 Å². The molecule has 134 valence electrons. The Kier molecular flexibility index (Phi) is 6.61. The summed E-state index contributed by atoms with van der Waals surface area (Å²) in [5.74, 6) is 0.229. The van der Waals surface area contributed by atoms with Gasteiger partial charge in [-0.05, 0) is 36.8 Å². The van der Waals surface area contributed by atoms with E-state index in [0.717, 1.165) is 0 Å². The molecule has 2 N–H and O–H groups in total. The van der Waals surface area contributed by atoms with Crippen LogP contribution in [0.3, 0.4) is 0 Å². The van der Waals surface area contributed by atoms with E-state index in [1.54, 1.807) is 18.2 Å². The summed E-state index contributed by atoms with van der Waals surface area (Å²) in [6.07, 6.45) is -0.599. The number of anilines is 1. The lowest BCUT2D eigenvalue weighted by Gasteiger charge is -2.15. The molecule has 0 bridgehead atoms. The van der Waals surface area contributed by atoms with Crippen LogP contribution in [0.15, 0.2) is 36.4 Å². The van der Waals surface area contributed by atoms with Gasteiger partial charge >= 0.3 is 0 Å². The van der Waals surface area contributed by atoms with Crippen LogP contribution in [0.5, 0.6) is 11.5 Å². The number of carbonyl (C=O) groups is 1. The second kappa shape index (κ2) is 8.69. The van der Waals surface area contributed by atoms with Crippen molar-refractivity contribution in [2.24, 2.45) is 0 Å². The summed E-state index contributed by atoms with van der Waals surface area (Å²) in [5, 5.41) is 12.9. The molecule has 0 aliphatic rings. The maximum Gasteiger partial charge on any atom is 0.224 e. The van der Waals surface area contributed by atoms with Gasteiger partial charge < -0.3 is 19.9 Å². The highest BCUT2D eigenvalue weighted by Crippen LogP contribution is 2.31. The molecule has 1 atom stereocenters. The fraction of sp³-hybridized carbons (Fsp3) is 0.278. The number of hydrogen-bond acceptors (Lipinski definition) is 4. The summed E-state index contributed by atoms with van der Waals surface area (Å²) >= 11 is 5.67. The number of aliphatic hydroxyl groups excluding tert-OH is 1. The van der Waals surface area contributed by atoms with Gasteiger partial charge in [-0.2, -0.15) is 0 Å². The molecule has 0 aliphatic carbocycles. The number of halogens is 2. The SMILES string of the molecule is COc1ccc(C(O)CCC(=O)Nc2ccc(F)c(Cl)c2)c(OC)c1. The van der Waals surface area contributed by atoms with Crippen molar-refractivity contribution in [3.05, 3.63) is 52.8 Å². The minimum absolute atomic E-state index is 0.0687. The van der Waals surface area contributed by atoms with Gasteiger partial charge in [0.1, 0.15) is 17.3 Å². The zero-order valence-corrected chi connectivity index (χ0v) is 14.6. The molecule has 0 saturated carbocycles. The molecule has 0 heterocycles.